The molecule has 1 atom stereocenters. The van der Waals surface area contributed by atoms with Gasteiger partial charge in [-0.05, 0) is 23.3 Å². The molecule has 0 aliphatic heterocycles. The second-order valence-corrected chi connectivity index (χ2v) is 2.93. The number of rotatable bonds is 0. The lowest BCUT2D eigenvalue weighted by Gasteiger charge is -2.14. The van der Waals surface area contributed by atoms with E-state index in [1.807, 2.05) is 0 Å². The molecule has 0 amide bonds. The third kappa shape index (κ3) is 1.34. The molecule has 1 aromatic rings. The summed E-state index contributed by atoms with van der Waals surface area (Å²) in [6.07, 6.45) is -1.50. The molecule has 0 aromatic heterocycles. The van der Waals surface area contributed by atoms with Crippen LogP contribution in [0.25, 0.3) is 6.08 Å². The van der Waals surface area contributed by atoms with Crippen molar-refractivity contribution < 1.29 is 13.2 Å². The van der Waals surface area contributed by atoms with E-state index < -0.39 is 12.1 Å². The summed E-state index contributed by atoms with van der Waals surface area (Å²) in [5.74, 6) is -1.44. The van der Waals surface area contributed by atoms with Crippen LogP contribution in [-0.4, -0.2) is 6.18 Å². The molecule has 13 heavy (non-hydrogen) atoms. The Labute approximate surface area is 73.7 Å². The first kappa shape index (κ1) is 8.35. The minimum atomic E-state index is -4.18. The Morgan fingerprint density at radius 3 is 2.77 bits per heavy atom. The summed E-state index contributed by atoms with van der Waals surface area (Å²) >= 11 is 0. The fraction of sp³-hybridized carbons (Fsp3) is 0.200. The maximum absolute atomic E-state index is 12.4. The van der Waals surface area contributed by atoms with Crippen molar-refractivity contribution in [2.75, 3.05) is 0 Å². The SMILES string of the molecule is FC(F)(F)C1C=Cc2cc[c]cc21. The molecule has 67 valence electrons. The Bertz CT molecular complexity index is 349. The number of benzene rings is 1. The van der Waals surface area contributed by atoms with Gasteiger partial charge in [-0.25, -0.2) is 0 Å². The summed E-state index contributed by atoms with van der Waals surface area (Å²) in [6.45, 7) is 0. The van der Waals surface area contributed by atoms with E-state index in [1.54, 1.807) is 12.1 Å². The monoisotopic (exact) mass is 183 g/mol. The topological polar surface area (TPSA) is 0 Å². The minimum absolute atomic E-state index is 0.301. The summed E-state index contributed by atoms with van der Waals surface area (Å²) < 4.78 is 37.1. The Kier molecular flexibility index (Phi) is 1.68. The predicted molar refractivity (Wildman–Crippen MR) is 43.1 cm³/mol. The van der Waals surface area contributed by atoms with Crippen LogP contribution >= 0.6 is 0 Å². The lowest BCUT2D eigenvalue weighted by atomic mass is 10.0. The van der Waals surface area contributed by atoms with Gasteiger partial charge in [0.05, 0.1) is 5.92 Å². The van der Waals surface area contributed by atoms with Crippen molar-refractivity contribution in [3.05, 3.63) is 41.5 Å². The fourth-order valence-electron chi connectivity index (χ4n) is 1.47. The third-order valence-electron chi connectivity index (χ3n) is 2.09. The number of allylic oxidation sites excluding steroid dienone is 1. The Balaban J connectivity index is 2.45. The zero-order chi connectivity index (χ0) is 9.47. The van der Waals surface area contributed by atoms with Crippen LogP contribution in [0, 0.1) is 6.07 Å². The standard InChI is InChI=1S/C10H6F3/c11-10(12,13)9-6-5-7-3-1-2-4-8(7)9/h1,3-6,9H. The van der Waals surface area contributed by atoms with Gasteiger partial charge in [0, 0.05) is 0 Å². The number of halogens is 3. The molecule has 0 bridgehead atoms. The van der Waals surface area contributed by atoms with Gasteiger partial charge in [0.15, 0.2) is 0 Å². The lowest BCUT2D eigenvalue weighted by Crippen LogP contribution is -2.17. The van der Waals surface area contributed by atoms with Crippen LogP contribution in [0.1, 0.15) is 17.0 Å². The predicted octanol–water partition coefficient (Wildman–Crippen LogP) is 3.16. The van der Waals surface area contributed by atoms with Gasteiger partial charge in [-0.15, -0.1) is 0 Å². The third-order valence-corrected chi connectivity index (χ3v) is 2.09. The normalized spacial score (nSPS) is 20.4. The van der Waals surface area contributed by atoms with Gasteiger partial charge in [-0.1, -0.05) is 24.3 Å². The van der Waals surface area contributed by atoms with Gasteiger partial charge in [-0.3, -0.25) is 0 Å². The molecule has 0 saturated heterocycles. The molecule has 1 aromatic carbocycles. The summed E-state index contributed by atoms with van der Waals surface area (Å²) in [5.41, 5.74) is 0.941. The molecule has 0 spiro atoms. The molecule has 0 fully saturated rings. The lowest BCUT2D eigenvalue weighted by molar-refractivity contribution is -0.138. The van der Waals surface area contributed by atoms with E-state index in [2.05, 4.69) is 6.07 Å². The van der Waals surface area contributed by atoms with Crippen molar-refractivity contribution >= 4 is 6.08 Å². The number of hydrogen-bond donors (Lipinski definition) is 0. The highest BCUT2D eigenvalue weighted by molar-refractivity contribution is 5.62. The van der Waals surface area contributed by atoms with Crippen molar-refractivity contribution in [2.24, 2.45) is 0 Å². The molecule has 3 heteroatoms. The Morgan fingerprint density at radius 1 is 1.31 bits per heavy atom. The molecule has 0 N–H and O–H groups in total. The highest BCUT2D eigenvalue weighted by atomic mass is 19.4. The van der Waals surface area contributed by atoms with Crippen LogP contribution in [0.5, 0.6) is 0 Å². The van der Waals surface area contributed by atoms with Gasteiger partial charge in [0.1, 0.15) is 0 Å². The van der Waals surface area contributed by atoms with Gasteiger partial charge in [-0.2, -0.15) is 13.2 Å². The second-order valence-electron chi connectivity index (χ2n) is 2.93. The van der Waals surface area contributed by atoms with Crippen LogP contribution in [0.2, 0.25) is 0 Å². The van der Waals surface area contributed by atoms with Crippen molar-refractivity contribution in [1.29, 1.82) is 0 Å². The molecule has 0 nitrogen and oxygen atoms in total. The average Bonchev–Trinajstić information content (AvgIpc) is 2.45. The van der Waals surface area contributed by atoms with Gasteiger partial charge < -0.3 is 0 Å². The Morgan fingerprint density at radius 2 is 2.08 bits per heavy atom. The maximum Gasteiger partial charge on any atom is 0.399 e. The molecular weight excluding hydrogens is 177 g/mol. The molecule has 1 unspecified atom stereocenters. The van der Waals surface area contributed by atoms with Crippen LogP contribution < -0.4 is 0 Å². The molecule has 1 aliphatic carbocycles. The summed E-state index contributed by atoms with van der Waals surface area (Å²) in [5, 5.41) is 0. The fourth-order valence-corrected chi connectivity index (χ4v) is 1.47. The van der Waals surface area contributed by atoms with E-state index in [4.69, 9.17) is 0 Å². The average molecular weight is 183 g/mol. The molecular formula is C10H6F3. The number of alkyl halides is 3. The number of fused-ring (bicyclic) bond motifs is 1. The summed E-state index contributed by atoms with van der Waals surface area (Å²) in [4.78, 5) is 0. The highest BCUT2D eigenvalue weighted by Gasteiger charge is 2.41. The number of hydrogen-bond acceptors (Lipinski definition) is 0. The Hall–Kier alpha value is -1.25. The van der Waals surface area contributed by atoms with E-state index in [1.165, 1.54) is 18.2 Å². The second kappa shape index (κ2) is 2.62. The molecule has 1 radical (unpaired) electrons. The van der Waals surface area contributed by atoms with Crippen LogP contribution in [0.4, 0.5) is 13.2 Å². The van der Waals surface area contributed by atoms with Crippen molar-refractivity contribution in [1.82, 2.24) is 0 Å². The van der Waals surface area contributed by atoms with E-state index >= 15 is 0 Å². The van der Waals surface area contributed by atoms with Gasteiger partial charge in [0.2, 0.25) is 0 Å². The first-order valence-corrected chi connectivity index (χ1v) is 3.84. The van der Waals surface area contributed by atoms with E-state index in [9.17, 15) is 13.2 Å². The maximum atomic E-state index is 12.4. The minimum Gasteiger partial charge on any atom is -0.170 e. The van der Waals surface area contributed by atoms with Crippen LogP contribution in [-0.2, 0) is 0 Å². The molecule has 1 aliphatic rings. The van der Waals surface area contributed by atoms with E-state index in [-0.39, 0.29) is 0 Å². The summed E-state index contributed by atoms with van der Waals surface area (Å²) in [7, 11) is 0. The molecule has 0 heterocycles. The largest absolute Gasteiger partial charge is 0.399 e. The highest BCUT2D eigenvalue weighted by Crippen LogP contribution is 2.41. The molecule has 2 rings (SSSR count). The van der Waals surface area contributed by atoms with Crippen LogP contribution in [0.3, 0.4) is 0 Å². The quantitative estimate of drug-likeness (QED) is 0.579. The van der Waals surface area contributed by atoms with Gasteiger partial charge >= 0.3 is 6.18 Å². The van der Waals surface area contributed by atoms with E-state index in [0.717, 1.165) is 0 Å². The summed E-state index contributed by atoms with van der Waals surface area (Å²) in [6, 6.07) is 7.30. The smallest absolute Gasteiger partial charge is 0.170 e. The van der Waals surface area contributed by atoms with Crippen molar-refractivity contribution in [3.8, 4) is 0 Å². The van der Waals surface area contributed by atoms with Crippen molar-refractivity contribution in [3.63, 3.8) is 0 Å². The van der Waals surface area contributed by atoms with Gasteiger partial charge in [0.25, 0.3) is 0 Å². The molecule has 0 saturated carbocycles. The first-order chi connectivity index (χ1) is 6.09. The van der Waals surface area contributed by atoms with Crippen molar-refractivity contribution in [2.45, 2.75) is 12.1 Å². The zero-order valence-corrected chi connectivity index (χ0v) is 6.60. The van der Waals surface area contributed by atoms with E-state index in [0.29, 0.717) is 11.1 Å². The van der Waals surface area contributed by atoms with Crippen LogP contribution in [0.15, 0.2) is 24.3 Å². The first-order valence-electron chi connectivity index (χ1n) is 3.84. The zero-order valence-electron chi connectivity index (χ0n) is 6.60.